The van der Waals surface area contributed by atoms with Crippen molar-refractivity contribution >= 4 is 15.9 Å². The molecule has 2 aromatic rings. The number of nitrogens with one attached hydrogen (secondary N) is 3. The fourth-order valence-corrected chi connectivity index (χ4v) is 3.67. The van der Waals surface area contributed by atoms with Crippen molar-refractivity contribution in [1.29, 1.82) is 0 Å². The predicted octanol–water partition coefficient (Wildman–Crippen LogP) is -0.00970. The number of aryl methyl sites for hydroxylation is 1. The SMILES string of the molecule is Cn1cc(CNS(=O)(=O)c2ccc(C(=O)N[C@H]3CCNC3)cc2)cn1. The van der Waals surface area contributed by atoms with Gasteiger partial charge in [-0.1, -0.05) is 0 Å². The third kappa shape index (κ3) is 4.44. The fourth-order valence-electron chi connectivity index (χ4n) is 2.66. The number of aromatic nitrogens is 2. The van der Waals surface area contributed by atoms with Crippen molar-refractivity contribution in [3.63, 3.8) is 0 Å². The van der Waals surface area contributed by atoms with Crippen molar-refractivity contribution < 1.29 is 13.2 Å². The van der Waals surface area contributed by atoms with E-state index in [1.807, 2.05) is 0 Å². The van der Waals surface area contributed by atoms with Crippen molar-refractivity contribution in [1.82, 2.24) is 25.1 Å². The zero-order valence-electron chi connectivity index (χ0n) is 13.9. The molecule has 1 aromatic heterocycles. The van der Waals surface area contributed by atoms with Crippen LogP contribution in [0.15, 0.2) is 41.6 Å². The molecule has 25 heavy (non-hydrogen) atoms. The molecule has 1 aliphatic rings. The summed E-state index contributed by atoms with van der Waals surface area (Å²) in [6.07, 6.45) is 4.25. The number of amides is 1. The highest BCUT2D eigenvalue weighted by Crippen LogP contribution is 2.12. The van der Waals surface area contributed by atoms with Crippen LogP contribution in [0, 0.1) is 0 Å². The Hall–Kier alpha value is -2.23. The van der Waals surface area contributed by atoms with E-state index in [-0.39, 0.29) is 23.4 Å². The Bertz CT molecular complexity index is 839. The lowest BCUT2D eigenvalue weighted by Crippen LogP contribution is -2.36. The molecule has 9 heteroatoms. The van der Waals surface area contributed by atoms with E-state index in [1.165, 1.54) is 24.3 Å². The molecule has 2 heterocycles. The highest BCUT2D eigenvalue weighted by Gasteiger charge is 2.19. The molecule has 0 unspecified atom stereocenters. The molecule has 1 amide bonds. The number of benzene rings is 1. The Morgan fingerprint density at radius 1 is 1.36 bits per heavy atom. The Balaban J connectivity index is 1.62. The number of sulfonamides is 1. The van der Waals surface area contributed by atoms with Crippen LogP contribution in [0.25, 0.3) is 0 Å². The fraction of sp³-hybridized carbons (Fsp3) is 0.375. The molecule has 0 bridgehead atoms. The molecule has 0 radical (unpaired) electrons. The molecular formula is C16H21N5O3S. The summed E-state index contributed by atoms with van der Waals surface area (Å²) in [7, 11) is -1.88. The molecule has 0 saturated carbocycles. The third-order valence-corrected chi connectivity index (χ3v) is 5.46. The van der Waals surface area contributed by atoms with Gasteiger partial charge < -0.3 is 10.6 Å². The molecule has 1 aliphatic heterocycles. The Labute approximate surface area is 146 Å². The quantitative estimate of drug-likeness (QED) is 0.670. The van der Waals surface area contributed by atoms with Crippen LogP contribution in [0.1, 0.15) is 22.3 Å². The summed E-state index contributed by atoms with van der Waals surface area (Å²) in [6.45, 7) is 1.81. The van der Waals surface area contributed by atoms with E-state index < -0.39 is 10.0 Å². The summed E-state index contributed by atoms with van der Waals surface area (Å²) in [5.74, 6) is -0.194. The summed E-state index contributed by atoms with van der Waals surface area (Å²) in [6, 6.07) is 6.05. The highest BCUT2D eigenvalue weighted by molar-refractivity contribution is 7.89. The molecule has 0 aliphatic carbocycles. The summed E-state index contributed by atoms with van der Waals surface area (Å²) in [5, 5.41) is 10.1. The van der Waals surface area contributed by atoms with Gasteiger partial charge in [-0.25, -0.2) is 13.1 Å². The number of hydrogen-bond donors (Lipinski definition) is 3. The van der Waals surface area contributed by atoms with E-state index in [4.69, 9.17) is 0 Å². The molecule has 134 valence electrons. The normalized spacial score (nSPS) is 17.6. The van der Waals surface area contributed by atoms with Gasteiger partial charge in [-0.15, -0.1) is 0 Å². The van der Waals surface area contributed by atoms with E-state index in [2.05, 4.69) is 20.5 Å². The second kappa shape index (κ2) is 7.34. The first-order valence-corrected chi connectivity index (χ1v) is 9.51. The zero-order chi connectivity index (χ0) is 17.9. The third-order valence-electron chi connectivity index (χ3n) is 4.05. The van der Waals surface area contributed by atoms with Crippen molar-refractivity contribution in [3.05, 3.63) is 47.8 Å². The van der Waals surface area contributed by atoms with Crippen LogP contribution in [0.3, 0.4) is 0 Å². The lowest BCUT2D eigenvalue weighted by Gasteiger charge is -2.11. The second-order valence-corrected chi connectivity index (χ2v) is 7.80. The van der Waals surface area contributed by atoms with Gasteiger partial charge in [0.25, 0.3) is 5.91 Å². The Morgan fingerprint density at radius 2 is 2.12 bits per heavy atom. The van der Waals surface area contributed by atoms with Crippen LogP contribution >= 0.6 is 0 Å². The molecule has 1 atom stereocenters. The van der Waals surface area contributed by atoms with Gasteiger partial charge in [0, 0.05) is 43.5 Å². The van der Waals surface area contributed by atoms with Crippen LogP contribution in [-0.2, 0) is 23.6 Å². The van der Waals surface area contributed by atoms with E-state index in [0.29, 0.717) is 5.56 Å². The maximum atomic E-state index is 12.3. The molecule has 8 nitrogen and oxygen atoms in total. The van der Waals surface area contributed by atoms with Gasteiger partial charge in [-0.2, -0.15) is 5.10 Å². The van der Waals surface area contributed by atoms with Crippen molar-refractivity contribution in [2.24, 2.45) is 7.05 Å². The topological polar surface area (TPSA) is 105 Å². The molecule has 0 spiro atoms. The number of carbonyl (C=O) groups is 1. The van der Waals surface area contributed by atoms with Gasteiger partial charge in [0.15, 0.2) is 0 Å². The van der Waals surface area contributed by atoms with E-state index >= 15 is 0 Å². The molecule has 1 saturated heterocycles. The summed E-state index contributed by atoms with van der Waals surface area (Å²) in [5.41, 5.74) is 1.21. The first-order valence-electron chi connectivity index (χ1n) is 8.03. The smallest absolute Gasteiger partial charge is 0.251 e. The maximum absolute atomic E-state index is 12.3. The lowest BCUT2D eigenvalue weighted by atomic mass is 10.2. The largest absolute Gasteiger partial charge is 0.348 e. The average molecular weight is 363 g/mol. The van der Waals surface area contributed by atoms with Gasteiger partial charge >= 0.3 is 0 Å². The number of nitrogens with zero attached hydrogens (tertiary/aromatic N) is 2. The van der Waals surface area contributed by atoms with Crippen LogP contribution in [0.5, 0.6) is 0 Å². The van der Waals surface area contributed by atoms with E-state index in [1.54, 1.807) is 24.1 Å². The highest BCUT2D eigenvalue weighted by atomic mass is 32.2. The van der Waals surface area contributed by atoms with Gasteiger partial charge in [0.05, 0.1) is 11.1 Å². The van der Waals surface area contributed by atoms with Gasteiger partial charge in [-0.05, 0) is 37.2 Å². The minimum absolute atomic E-state index is 0.121. The minimum Gasteiger partial charge on any atom is -0.348 e. The van der Waals surface area contributed by atoms with Gasteiger partial charge in [0.1, 0.15) is 0 Å². The zero-order valence-corrected chi connectivity index (χ0v) is 14.7. The molecule has 3 rings (SSSR count). The van der Waals surface area contributed by atoms with Crippen molar-refractivity contribution in [3.8, 4) is 0 Å². The van der Waals surface area contributed by atoms with Crippen LogP contribution in [0.2, 0.25) is 0 Å². The Morgan fingerprint density at radius 3 is 2.72 bits per heavy atom. The van der Waals surface area contributed by atoms with Crippen molar-refractivity contribution in [2.45, 2.75) is 23.9 Å². The number of rotatable bonds is 6. The maximum Gasteiger partial charge on any atom is 0.251 e. The molecule has 3 N–H and O–H groups in total. The molecule has 1 aromatic carbocycles. The summed E-state index contributed by atoms with van der Waals surface area (Å²) in [4.78, 5) is 12.3. The van der Waals surface area contributed by atoms with Crippen LogP contribution < -0.4 is 15.4 Å². The Kier molecular flexibility index (Phi) is 5.16. The summed E-state index contributed by atoms with van der Waals surface area (Å²) >= 11 is 0. The molecule has 1 fully saturated rings. The minimum atomic E-state index is -3.64. The first kappa shape index (κ1) is 17.6. The standard InChI is InChI=1S/C16H21N5O3S/c1-21-11-12(8-18-21)9-19-25(23,24)15-4-2-13(3-5-15)16(22)20-14-6-7-17-10-14/h2-5,8,11,14,17,19H,6-7,9-10H2,1H3,(H,20,22)/t14-/m0/s1. The number of carbonyl (C=O) groups excluding carboxylic acids is 1. The van der Waals surface area contributed by atoms with Gasteiger partial charge in [0.2, 0.25) is 10.0 Å². The second-order valence-electron chi connectivity index (χ2n) is 6.03. The summed E-state index contributed by atoms with van der Waals surface area (Å²) < 4.78 is 28.8. The van der Waals surface area contributed by atoms with E-state index in [0.717, 1.165) is 25.1 Å². The van der Waals surface area contributed by atoms with Crippen LogP contribution in [0.4, 0.5) is 0 Å². The number of hydrogen-bond acceptors (Lipinski definition) is 5. The van der Waals surface area contributed by atoms with Crippen molar-refractivity contribution in [2.75, 3.05) is 13.1 Å². The predicted molar refractivity (Wildman–Crippen MR) is 92.4 cm³/mol. The molecular weight excluding hydrogens is 342 g/mol. The monoisotopic (exact) mass is 363 g/mol. The first-order chi connectivity index (χ1) is 11.9. The van der Waals surface area contributed by atoms with Crippen LogP contribution in [-0.4, -0.2) is 43.2 Å². The van der Waals surface area contributed by atoms with Gasteiger partial charge in [-0.3, -0.25) is 9.48 Å². The average Bonchev–Trinajstić information content (AvgIpc) is 3.25. The lowest BCUT2D eigenvalue weighted by molar-refractivity contribution is 0.0940. The van der Waals surface area contributed by atoms with E-state index in [9.17, 15) is 13.2 Å².